The minimum atomic E-state index is 0.616. The lowest BCUT2D eigenvalue weighted by molar-refractivity contribution is 0.448. The van der Waals surface area contributed by atoms with Crippen LogP contribution in [0.15, 0.2) is 0 Å². The molecule has 1 aromatic rings. The van der Waals surface area contributed by atoms with Gasteiger partial charge in [0.1, 0.15) is 5.82 Å². The van der Waals surface area contributed by atoms with Gasteiger partial charge in [-0.25, -0.2) is 4.98 Å². The van der Waals surface area contributed by atoms with Gasteiger partial charge < -0.3 is 10.3 Å². The molecule has 15 heavy (non-hydrogen) atoms. The zero-order valence-corrected chi connectivity index (χ0v) is 9.34. The summed E-state index contributed by atoms with van der Waals surface area (Å²) in [5, 5.41) is 3.45. The second kappa shape index (κ2) is 3.63. The molecule has 2 heterocycles. The number of imidazole rings is 1. The van der Waals surface area contributed by atoms with E-state index in [2.05, 4.69) is 17.2 Å². The number of aryl methyl sites for hydroxylation is 1. The highest BCUT2D eigenvalue weighted by Gasteiger charge is 2.29. The smallest absolute Gasteiger partial charge is 0.110 e. The lowest BCUT2D eigenvalue weighted by Gasteiger charge is -2.20. The molecule has 3 heteroatoms. The van der Waals surface area contributed by atoms with Gasteiger partial charge in [-0.2, -0.15) is 0 Å². The average Bonchev–Trinajstić information content (AvgIpc) is 3.04. The van der Waals surface area contributed by atoms with E-state index >= 15 is 0 Å². The van der Waals surface area contributed by atoms with E-state index in [1.54, 1.807) is 0 Å². The van der Waals surface area contributed by atoms with E-state index in [-0.39, 0.29) is 0 Å². The largest absolute Gasteiger partial charge is 0.346 e. The monoisotopic (exact) mass is 205 g/mol. The van der Waals surface area contributed by atoms with Crippen molar-refractivity contribution in [2.45, 2.75) is 44.4 Å². The molecule has 3 nitrogen and oxygen atoms in total. The van der Waals surface area contributed by atoms with Crippen LogP contribution in [0.2, 0.25) is 0 Å². The molecule has 1 aliphatic heterocycles. The summed E-state index contributed by atoms with van der Waals surface area (Å²) in [5.74, 6) is 2.61. The molecule has 0 bridgehead atoms. The van der Waals surface area contributed by atoms with E-state index in [0.29, 0.717) is 5.92 Å². The van der Waals surface area contributed by atoms with Gasteiger partial charge in [-0.05, 0) is 39.2 Å². The molecule has 1 atom stereocenters. The van der Waals surface area contributed by atoms with E-state index < -0.39 is 0 Å². The summed E-state index contributed by atoms with van der Waals surface area (Å²) in [6.07, 6.45) is 5.25. The molecule has 3 rings (SSSR count). The maximum atomic E-state index is 4.80. The summed E-state index contributed by atoms with van der Waals surface area (Å²) in [4.78, 5) is 8.28. The summed E-state index contributed by atoms with van der Waals surface area (Å²) < 4.78 is 0. The Labute approximate surface area is 90.7 Å². The molecule has 1 aromatic heterocycles. The van der Waals surface area contributed by atoms with Gasteiger partial charge in [0.15, 0.2) is 0 Å². The lowest BCUT2D eigenvalue weighted by Crippen LogP contribution is -2.28. The van der Waals surface area contributed by atoms with Crippen molar-refractivity contribution < 1.29 is 0 Å². The number of hydrogen-bond acceptors (Lipinski definition) is 2. The predicted octanol–water partition coefficient (Wildman–Crippen LogP) is 2.06. The van der Waals surface area contributed by atoms with E-state index in [1.165, 1.54) is 49.4 Å². The number of aromatic nitrogens is 2. The van der Waals surface area contributed by atoms with Crippen LogP contribution in [0.4, 0.5) is 0 Å². The molecule has 82 valence electrons. The van der Waals surface area contributed by atoms with Gasteiger partial charge in [-0.1, -0.05) is 0 Å². The summed E-state index contributed by atoms with van der Waals surface area (Å²) in [7, 11) is 0. The van der Waals surface area contributed by atoms with Gasteiger partial charge in [0.05, 0.1) is 5.69 Å². The average molecular weight is 205 g/mol. The topological polar surface area (TPSA) is 40.7 Å². The van der Waals surface area contributed by atoms with Gasteiger partial charge >= 0.3 is 0 Å². The third kappa shape index (κ3) is 1.81. The molecule has 1 saturated carbocycles. The minimum absolute atomic E-state index is 0.616. The standard InChI is InChI=1S/C12H19N3/c1-8-11(9-4-5-9)15-12(14-8)10-3-2-6-13-7-10/h9-10,13H,2-7H2,1H3,(H,14,15). The maximum absolute atomic E-state index is 4.80. The number of nitrogens with one attached hydrogen (secondary N) is 2. The fourth-order valence-electron chi connectivity index (χ4n) is 2.53. The first-order valence-electron chi connectivity index (χ1n) is 6.11. The maximum Gasteiger partial charge on any atom is 0.110 e. The van der Waals surface area contributed by atoms with Crippen LogP contribution < -0.4 is 5.32 Å². The molecule has 2 aliphatic rings. The number of rotatable bonds is 2. The van der Waals surface area contributed by atoms with Crippen LogP contribution in [-0.4, -0.2) is 23.1 Å². The Morgan fingerprint density at radius 3 is 2.73 bits per heavy atom. The fourth-order valence-corrected chi connectivity index (χ4v) is 2.53. The Morgan fingerprint density at radius 2 is 2.07 bits per heavy atom. The van der Waals surface area contributed by atoms with Crippen molar-refractivity contribution in [3.05, 3.63) is 17.2 Å². The Bertz CT molecular complexity index is 346. The molecule has 0 radical (unpaired) electrons. The molecular weight excluding hydrogens is 186 g/mol. The van der Waals surface area contributed by atoms with Crippen LogP contribution in [0.3, 0.4) is 0 Å². The van der Waals surface area contributed by atoms with Gasteiger partial charge in [0.2, 0.25) is 0 Å². The predicted molar refractivity (Wildman–Crippen MR) is 60.1 cm³/mol. The quantitative estimate of drug-likeness (QED) is 0.776. The van der Waals surface area contributed by atoms with E-state index in [4.69, 9.17) is 4.98 Å². The Morgan fingerprint density at radius 1 is 1.20 bits per heavy atom. The van der Waals surface area contributed by atoms with Crippen LogP contribution in [0.1, 0.15) is 54.7 Å². The number of H-pyrrole nitrogens is 1. The molecule has 2 N–H and O–H groups in total. The molecule has 1 aliphatic carbocycles. The number of hydrogen-bond donors (Lipinski definition) is 2. The fraction of sp³-hybridized carbons (Fsp3) is 0.750. The van der Waals surface area contributed by atoms with Crippen molar-refractivity contribution in [1.29, 1.82) is 0 Å². The van der Waals surface area contributed by atoms with Crippen LogP contribution in [0.5, 0.6) is 0 Å². The first-order chi connectivity index (χ1) is 7.34. The summed E-state index contributed by atoms with van der Waals surface area (Å²) >= 11 is 0. The Kier molecular flexibility index (Phi) is 2.28. The highest BCUT2D eigenvalue weighted by molar-refractivity contribution is 5.23. The summed E-state index contributed by atoms with van der Waals surface area (Å²) in [6, 6.07) is 0. The van der Waals surface area contributed by atoms with Crippen molar-refractivity contribution >= 4 is 0 Å². The molecule has 1 saturated heterocycles. The van der Waals surface area contributed by atoms with E-state index in [0.717, 1.165) is 12.5 Å². The highest BCUT2D eigenvalue weighted by atomic mass is 15.0. The van der Waals surface area contributed by atoms with Crippen LogP contribution >= 0.6 is 0 Å². The van der Waals surface area contributed by atoms with Gasteiger partial charge in [-0.15, -0.1) is 0 Å². The lowest BCUT2D eigenvalue weighted by atomic mass is 9.99. The van der Waals surface area contributed by atoms with E-state index in [1.807, 2.05) is 0 Å². The first-order valence-corrected chi connectivity index (χ1v) is 6.11. The third-order valence-corrected chi connectivity index (χ3v) is 3.59. The second-order valence-electron chi connectivity index (χ2n) is 4.95. The van der Waals surface area contributed by atoms with Gasteiger partial charge in [-0.3, -0.25) is 0 Å². The van der Waals surface area contributed by atoms with Gasteiger partial charge in [0.25, 0.3) is 0 Å². The number of piperidine rings is 1. The van der Waals surface area contributed by atoms with Gasteiger partial charge in [0, 0.05) is 24.1 Å². The molecule has 0 aromatic carbocycles. The Balaban J connectivity index is 1.81. The molecule has 1 unspecified atom stereocenters. The molecular formula is C12H19N3. The van der Waals surface area contributed by atoms with Crippen molar-refractivity contribution in [1.82, 2.24) is 15.3 Å². The number of aromatic amines is 1. The molecule has 0 amide bonds. The molecule has 0 spiro atoms. The summed E-state index contributed by atoms with van der Waals surface area (Å²) in [5.41, 5.74) is 2.65. The normalized spacial score (nSPS) is 26.9. The third-order valence-electron chi connectivity index (χ3n) is 3.59. The van der Waals surface area contributed by atoms with Crippen molar-refractivity contribution in [2.24, 2.45) is 0 Å². The van der Waals surface area contributed by atoms with Crippen molar-refractivity contribution in [2.75, 3.05) is 13.1 Å². The Hall–Kier alpha value is -0.830. The zero-order valence-electron chi connectivity index (χ0n) is 9.34. The van der Waals surface area contributed by atoms with Crippen LogP contribution in [-0.2, 0) is 0 Å². The van der Waals surface area contributed by atoms with Crippen molar-refractivity contribution in [3.8, 4) is 0 Å². The van der Waals surface area contributed by atoms with Crippen LogP contribution in [0, 0.1) is 6.92 Å². The van der Waals surface area contributed by atoms with Crippen molar-refractivity contribution in [3.63, 3.8) is 0 Å². The van der Waals surface area contributed by atoms with Crippen LogP contribution in [0.25, 0.3) is 0 Å². The summed E-state index contributed by atoms with van der Waals surface area (Å²) in [6.45, 7) is 4.43. The molecule has 2 fully saturated rings. The SMILES string of the molecule is Cc1[nH]c(C2CCCNC2)nc1C1CC1. The number of nitrogens with zero attached hydrogens (tertiary/aromatic N) is 1. The zero-order chi connectivity index (χ0) is 10.3. The highest BCUT2D eigenvalue weighted by Crippen LogP contribution is 2.41. The minimum Gasteiger partial charge on any atom is -0.346 e. The first kappa shape index (κ1) is 9.40. The second-order valence-corrected chi connectivity index (χ2v) is 4.95. The van der Waals surface area contributed by atoms with E-state index in [9.17, 15) is 0 Å².